The lowest BCUT2D eigenvalue weighted by Gasteiger charge is -2.15. The highest BCUT2D eigenvalue weighted by atomic mass is 32.1. The highest BCUT2D eigenvalue weighted by Crippen LogP contribution is 2.22. The van der Waals surface area contributed by atoms with Gasteiger partial charge in [-0.2, -0.15) is 0 Å². The molecule has 0 aliphatic carbocycles. The van der Waals surface area contributed by atoms with E-state index in [-0.39, 0.29) is 17.8 Å². The molecule has 5 heteroatoms. The lowest BCUT2D eigenvalue weighted by Crippen LogP contribution is -2.87. The molecule has 0 fully saturated rings. The number of nitrogens with one attached hydrogen (secondary N) is 1. The zero-order valence-electron chi connectivity index (χ0n) is 15.3. The highest BCUT2D eigenvalue weighted by molar-refractivity contribution is 7.10. The van der Waals surface area contributed by atoms with E-state index in [9.17, 15) is 9.18 Å². The van der Waals surface area contributed by atoms with E-state index in [2.05, 4.69) is 53.3 Å². The van der Waals surface area contributed by atoms with Gasteiger partial charge in [-0.25, -0.2) is 4.39 Å². The first-order valence-corrected chi connectivity index (χ1v) is 9.94. The quantitative estimate of drug-likeness (QED) is 0.616. The van der Waals surface area contributed by atoms with Crippen LogP contribution >= 0.6 is 11.3 Å². The molecule has 0 aliphatic rings. The van der Waals surface area contributed by atoms with Gasteiger partial charge in [0.15, 0.2) is 6.54 Å². The number of hydrogen-bond donors (Lipinski definition) is 2. The fourth-order valence-electron chi connectivity index (χ4n) is 2.95. The van der Waals surface area contributed by atoms with Gasteiger partial charge >= 0.3 is 0 Å². The van der Waals surface area contributed by atoms with Crippen molar-refractivity contribution in [1.82, 2.24) is 5.32 Å². The molecule has 0 radical (unpaired) electrons. The van der Waals surface area contributed by atoms with Crippen LogP contribution in [0, 0.1) is 12.7 Å². The second-order valence-corrected chi connectivity index (χ2v) is 7.55. The van der Waals surface area contributed by atoms with Gasteiger partial charge in [-0.15, -0.1) is 11.3 Å². The van der Waals surface area contributed by atoms with Crippen LogP contribution in [-0.4, -0.2) is 19.0 Å². The number of aryl methyl sites for hydroxylation is 1. The molecule has 0 aliphatic heterocycles. The molecule has 3 N–H and O–H groups in total. The molecule has 0 unspecified atom stereocenters. The molecule has 0 saturated heterocycles. The Morgan fingerprint density at radius 1 is 1.11 bits per heavy atom. The molecule has 140 valence electrons. The highest BCUT2D eigenvalue weighted by Gasteiger charge is 2.19. The van der Waals surface area contributed by atoms with Crippen molar-refractivity contribution in [3.8, 4) is 0 Å². The number of rotatable bonds is 8. The molecule has 3 aromatic rings. The number of amides is 1. The summed E-state index contributed by atoms with van der Waals surface area (Å²) in [5.41, 5.74) is 3.43. The maximum Gasteiger partial charge on any atom is 0.275 e. The maximum absolute atomic E-state index is 12.9. The third kappa shape index (κ3) is 5.74. The summed E-state index contributed by atoms with van der Waals surface area (Å²) in [5.74, 6) is -0.237. The first-order valence-electron chi connectivity index (χ1n) is 9.06. The van der Waals surface area contributed by atoms with Crippen LogP contribution < -0.4 is 10.6 Å². The standard InChI is InChI=1S/C22H23FN2OS/c1-16-4-8-18(9-5-16)22(20-3-2-14-27-20)25-15-21(26)24-13-12-17-6-10-19(23)11-7-17/h2-11,14,22,25H,12-13,15H2,1H3,(H,24,26)/p+1/t22-/m0/s1. The van der Waals surface area contributed by atoms with E-state index in [1.807, 2.05) is 6.07 Å². The predicted octanol–water partition coefficient (Wildman–Crippen LogP) is 3.21. The molecule has 0 bridgehead atoms. The van der Waals surface area contributed by atoms with Gasteiger partial charge in [-0.05, 0) is 42.5 Å². The van der Waals surface area contributed by atoms with Gasteiger partial charge in [0.2, 0.25) is 0 Å². The Hall–Kier alpha value is -2.50. The third-order valence-corrected chi connectivity index (χ3v) is 5.43. The van der Waals surface area contributed by atoms with E-state index < -0.39 is 0 Å². The number of thiophene rings is 1. The summed E-state index contributed by atoms with van der Waals surface area (Å²) in [6.45, 7) is 2.98. The van der Waals surface area contributed by atoms with Crippen LogP contribution in [0.1, 0.15) is 27.6 Å². The minimum Gasteiger partial charge on any atom is -0.351 e. The van der Waals surface area contributed by atoms with E-state index in [4.69, 9.17) is 0 Å². The Bertz CT molecular complexity index is 845. The van der Waals surface area contributed by atoms with E-state index >= 15 is 0 Å². The van der Waals surface area contributed by atoms with Crippen molar-refractivity contribution in [2.75, 3.05) is 13.1 Å². The summed E-state index contributed by atoms with van der Waals surface area (Å²) in [7, 11) is 0. The number of hydrogen-bond acceptors (Lipinski definition) is 2. The lowest BCUT2D eigenvalue weighted by molar-refractivity contribution is -0.676. The summed E-state index contributed by atoms with van der Waals surface area (Å²) in [5, 5.41) is 7.08. The Balaban J connectivity index is 1.53. The van der Waals surface area contributed by atoms with Gasteiger partial charge in [0.1, 0.15) is 11.9 Å². The Labute approximate surface area is 163 Å². The fraction of sp³-hybridized carbons (Fsp3) is 0.227. The number of carbonyl (C=O) groups is 1. The van der Waals surface area contributed by atoms with Crippen LogP contribution in [0.25, 0.3) is 0 Å². The van der Waals surface area contributed by atoms with Crippen molar-refractivity contribution in [2.24, 2.45) is 0 Å². The van der Waals surface area contributed by atoms with Crippen molar-refractivity contribution in [1.29, 1.82) is 0 Å². The zero-order chi connectivity index (χ0) is 19.1. The second-order valence-electron chi connectivity index (χ2n) is 6.57. The molecule has 1 aromatic heterocycles. The van der Waals surface area contributed by atoms with Crippen LogP contribution in [-0.2, 0) is 11.2 Å². The van der Waals surface area contributed by atoms with Crippen LogP contribution in [0.5, 0.6) is 0 Å². The van der Waals surface area contributed by atoms with Gasteiger partial charge in [-0.3, -0.25) is 4.79 Å². The third-order valence-electron chi connectivity index (χ3n) is 4.47. The average molecular weight is 384 g/mol. The largest absolute Gasteiger partial charge is 0.351 e. The van der Waals surface area contributed by atoms with Crippen LogP contribution in [0.15, 0.2) is 66.0 Å². The van der Waals surface area contributed by atoms with Gasteiger partial charge in [0, 0.05) is 12.1 Å². The second kappa shape index (κ2) is 9.44. The minimum atomic E-state index is -0.242. The van der Waals surface area contributed by atoms with Gasteiger partial charge in [-0.1, -0.05) is 48.0 Å². The van der Waals surface area contributed by atoms with Crippen molar-refractivity contribution < 1.29 is 14.5 Å². The molecule has 1 amide bonds. The van der Waals surface area contributed by atoms with Gasteiger partial charge in [0.05, 0.1) is 4.88 Å². The van der Waals surface area contributed by atoms with Crippen molar-refractivity contribution in [3.63, 3.8) is 0 Å². The summed E-state index contributed by atoms with van der Waals surface area (Å²) in [6.07, 6.45) is 0.693. The number of benzene rings is 2. The monoisotopic (exact) mass is 383 g/mol. The van der Waals surface area contributed by atoms with Crippen molar-refractivity contribution in [3.05, 3.63) is 93.4 Å². The molecule has 27 heavy (non-hydrogen) atoms. The van der Waals surface area contributed by atoms with Crippen molar-refractivity contribution in [2.45, 2.75) is 19.4 Å². The molecule has 0 spiro atoms. The Morgan fingerprint density at radius 2 is 1.85 bits per heavy atom. The van der Waals surface area contributed by atoms with Crippen LogP contribution in [0.2, 0.25) is 0 Å². The van der Waals surface area contributed by atoms with E-state index in [1.165, 1.54) is 28.1 Å². The molecule has 1 heterocycles. The summed E-state index contributed by atoms with van der Waals surface area (Å²) in [4.78, 5) is 13.5. The predicted molar refractivity (Wildman–Crippen MR) is 107 cm³/mol. The molecule has 0 saturated carbocycles. The zero-order valence-corrected chi connectivity index (χ0v) is 16.1. The Morgan fingerprint density at radius 3 is 2.52 bits per heavy atom. The molecule has 3 nitrogen and oxygen atoms in total. The molecular weight excluding hydrogens is 359 g/mol. The van der Waals surface area contributed by atoms with Gasteiger partial charge in [0.25, 0.3) is 5.91 Å². The molecule has 1 atom stereocenters. The average Bonchev–Trinajstić information content (AvgIpc) is 3.19. The molecular formula is C22H24FN2OS+. The number of carbonyl (C=O) groups excluding carboxylic acids is 1. The molecule has 3 rings (SSSR count). The topological polar surface area (TPSA) is 45.7 Å². The smallest absolute Gasteiger partial charge is 0.275 e. The summed E-state index contributed by atoms with van der Waals surface area (Å²) in [6, 6.07) is 19.1. The maximum atomic E-state index is 12.9. The number of quaternary nitrogens is 1. The first-order chi connectivity index (χ1) is 13.1. The SMILES string of the molecule is Cc1ccc([C@H]([NH2+]CC(=O)NCCc2ccc(F)cc2)c2cccs2)cc1. The van der Waals surface area contributed by atoms with Crippen molar-refractivity contribution >= 4 is 17.2 Å². The fourth-order valence-corrected chi connectivity index (χ4v) is 3.80. The summed E-state index contributed by atoms with van der Waals surface area (Å²) >= 11 is 1.70. The van der Waals surface area contributed by atoms with E-state index in [1.54, 1.807) is 23.5 Å². The normalized spacial score (nSPS) is 11.9. The van der Waals surface area contributed by atoms with E-state index in [0.29, 0.717) is 19.5 Å². The Kier molecular flexibility index (Phi) is 6.74. The molecule has 2 aromatic carbocycles. The summed E-state index contributed by atoms with van der Waals surface area (Å²) < 4.78 is 12.9. The van der Waals surface area contributed by atoms with Gasteiger partial charge < -0.3 is 10.6 Å². The lowest BCUT2D eigenvalue weighted by atomic mass is 10.0. The first kappa shape index (κ1) is 19.3. The number of halogens is 1. The van der Waals surface area contributed by atoms with Crippen LogP contribution in [0.4, 0.5) is 4.39 Å². The number of nitrogens with two attached hydrogens (primary N) is 1. The minimum absolute atomic E-state index is 0.00535. The van der Waals surface area contributed by atoms with E-state index in [0.717, 1.165) is 5.56 Å². The van der Waals surface area contributed by atoms with Crippen LogP contribution in [0.3, 0.4) is 0 Å².